The molecule has 4 atom stereocenters. The molecule has 4 rings (SSSR count). The maximum Gasteiger partial charge on any atom is 0.333 e. The van der Waals surface area contributed by atoms with Crippen LogP contribution in [0.3, 0.4) is 0 Å². The van der Waals surface area contributed by atoms with Crippen LogP contribution in [0.2, 0.25) is 0 Å². The van der Waals surface area contributed by atoms with E-state index in [2.05, 4.69) is 0 Å². The highest BCUT2D eigenvalue weighted by Crippen LogP contribution is 2.46. The van der Waals surface area contributed by atoms with Gasteiger partial charge in [-0.3, -0.25) is 4.79 Å². The number of carbonyl (C=O) groups excluding carboxylic acids is 1. The number of rotatable bonds is 2. The van der Waals surface area contributed by atoms with E-state index in [-0.39, 0.29) is 24.2 Å². The molecule has 0 bridgehead atoms. The van der Waals surface area contributed by atoms with E-state index in [9.17, 15) is 14.7 Å². The lowest BCUT2D eigenvalue weighted by Gasteiger charge is -2.19. The van der Waals surface area contributed by atoms with Crippen molar-refractivity contribution in [1.82, 2.24) is 0 Å². The number of hydrogen-bond acceptors (Lipinski definition) is 4. The van der Waals surface area contributed by atoms with Crippen LogP contribution in [0, 0.1) is 5.92 Å². The summed E-state index contributed by atoms with van der Waals surface area (Å²) in [6.07, 6.45) is -1.53. The molecule has 2 aromatic rings. The summed E-state index contributed by atoms with van der Waals surface area (Å²) in [6.45, 7) is 0. The van der Waals surface area contributed by atoms with Gasteiger partial charge in [-0.15, -0.1) is 0 Å². The Bertz CT molecular complexity index is 768. The number of benzene rings is 2. The normalized spacial score (nSPS) is 30.3. The Balaban J connectivity index is 1.78. The molecule has 0 aromatic heterocycles. The lowest BCUT2D eigenvalue weighted by Crippen LogP contribution is -2.28. The lowest BCUT2D eigenvalue weighted by atomic mass is 9.82. The third-order valence-corrected chi connectivity index (χ3v) is 4.47. The number of ether oxygens (including phenoxy) is 2. The van der Waals surface area contributed by atoms with E-state index in [0.29, 0.717) is 0 Å². The molecular formula is C17H14O5. The summed E-state index contributed by atoms with van der Waals surface area (Å²) >= 11 is 0. The Kier molecular flexibility index (Phi) is 2.90. The maximum atomic E-state index is 11.5. The van der Waals surface area contributed by atoms with E-state index in [0.717, 1.165) is 16.3 Å². The van der Waals surface area contributed by atoms with Crippen molar-refractivity contribution >= 4 is 22.7 Å². The average Bonchev–Trinajstić information content (AvgIpc) is 3.02. The van der Waals surface area contributed by atoms with Gasteiger partial charge in [0.05, 0.1) is 6.42 Å². The molecule has 0 unspecified atom stereocenters. The molecule has 0 amide bonds. The topological polar surface area (TPSA) is 72.8 Å². The minimum atomic E-state index is -1.02. The Morgan fingerprint density at radius 3 is 2.68 bits per heavy atom. The summed E-state index contributed by atoms with van der Waals surface area (Å²) in [6, 6.07) is 13.7. The second-order valence-corrected chi connectivity index (χ2v) is 5.75. The van der Waals surface area contributed by atoms with E-state index < -0.39 is 18.4 Å². The molecule has 1 N–H and O–H groups in total. The molecule has 0 aliphatic carbocycles. The first-order valence-electron chi connectivity index (χ1n) is 7.20. The molecule has 2 aliphatic rings. The predicted octanol–water partition coefficient (Wildman–Crippen LogP) is 2.30. The first-order valence-corrected chi connectivity index (χ1v) is 7.20. The summed E-state index contributed by atoms with van der Waals surface area (Å²) in [5.74, 6) is -1.97. The van der Waals surface area contributed by atoms with Crippen LogP contribution in [0.1, 0.15) is 17.9 Å². The maximum absolute atomic E-state index is 11.5. The molecule has 2 fully saturated rings. The van der Waals surface area contributed by atoms with Crippen molar-refractivity contribution in [3.05, 3.63) is 48.0 Å². The van der Waals surface area contributed by atoms with Crippen LogP contribution in [-0.4, -0.2) is 29.4 Å². The molecule has 22 heavy (non-hydrogen) atoms. The van der Waals surface area contributed by atoms with Crippen molar-refractivity contribution in [3.63, 3.8) is 0 Å². The van der Waals surface area contributed by atoms with Gasteiger partial charge < -0.3 is 14.6 Å². The van der Waals surface area contributed by atoms with Crippen molar-refractivity contribution in [2.24, 2.45) is 5.92 Å². The first-order chi connectivity index (χ1) is 10.6. The number of carboxylic acids is 1. The molecule has 2 aromatic carbocycles. The van der Waals surface area contributed by atoms with Crippen molar-refractivity contribution in [2.75, 3.05) is 0 Å². The van der Waals surface area contributed by atoms with E-state index in [4.69, 9.17) is 9.47 Å². The molecule has 5 heteroatoms. The average molecular weight is 298 g/mol. The monoisotopic (exact) mass is 298 g/mol. The van der Waals surface area contributed by atoms with Gasteiger partial charge in [-0.1, -0.05) is 42.5 Å². The van der Waals surface area contributed by atoms with Gasteiger partial charge in [-0.2, -0.15) is 0 Å². The smallest absolute Gasteiger partial charge is 0.333 e. The number of esters is 1. The highest BCUT2D eigenvalue weighted by atomic mass is 16.7. The second kappa shape index (κ2) is 4.81. The zero-order chi connectivity index (χ0) is 15.3. The molecule has 2 aliphatic heterocycles. The van der Waals surface area contributed by atoms with Gasteiger partial charge in [0.1, 0.15) is 0 Å². The lowest BCUT2D eigenvalue weighted by molar-refractivity contribution is -0.175. The minimum Gasteiger partial charge on any atom is -0.479 e. The van der Waals surface area contributed by atoms with Crippen molar-refractivity contribution in [2.45, 2.75) is 24.7 Å². The van der Waals surface area contributed by atoms with Gasteiger partial charge in [-0.25, -0.2) is 4.79 Å². The standard InChI is InChI=1S/C17H14O5/c18-13-8-12-14(15(16(19)20)22-17(12)21-13)11-6-5-9-3-1-2-4-10(9)7-11/h1-7,12,14-15,17H,8H2,(H,19,20)/t12-,14-,15+,17+/m0/s1. The first kappa shape index (κ1) is 13.3. The Hall–Kier alpha value is -2.40. The number of hydrogen-bond donors (Lipinski definition) is 1. The molecule has 112 valence electrons. The Morgan fingerprint density at radius 1 is 1.14 bits per heavy atom. The molecule has 5 nitrogen and oxygen atoms in total. The third-order valence-electron chi connectivity index (χ3n) is 4.47. The molecule has 2 saturated heterocycles. The van der Waals surface area contributed by atoms with E-state index in [1.165, 1.54) is 0 Å². The van der Waals surface area contributed by atoms with Crippen LogP contribution in [0.4, 0.5) is 0 Å². The largest absolute Gasteiger partial charge is 0.479 e. The SMILES string of the molecule is O=C1C[C@@H]2[C@H](O1)O[C@@H](C(=O)O)[C@H]2c1ccc2ccccc2c1. The predicted molar refractivity (Wildman–Crippen MR) is 77.2 cm³/mol. The van der Waals surface area contributed by atoms with Gasteiger partial charge in [0.25, 0.3) is 0 Å². The van der Waals surface area contributed by atoms with Crippen LogP contribution in [-0.2, 0) is 19.1 Å². The third kappa shape index (κ3) is 1.97. The quantitative estimate of drug-likeness (QED) is 0.861. The molecule has 0 saturated carbocycles. The fraction of sp³-hybridized carbons (Fsp3) is 0.294. The molecule has 2 heterocycles. The summed E-state index contributed by atoms with van der Waals surface area (Å²) in [5.41, 5.74) is 0.872. The fourth-order valence-electron chi connectivity index (χ4n) is 3.48. The minimum absolute atomic E-state index is 0.200. The zero-order valence-corrected chi connectivity index (χ0v) is 11.6. The number of aliphatic carboxylic acids is 1. The van der Waals surface area contributed by atoms with Gasteiger partial charge in [0.2, 0.25) is 6.29 Å². The van der Waals surface area contributed by atoms with Crippen LogP contribution in [0.5, 0.6) is 0 Å². The van der Waals surface area contributed by atoms with Gasteiger partial charge in [0.15, 0.2) is 6.10 Å². The highest BCUT2D eigenvalue weighted by Gasteiger charge is 2.54. The summed E-state index contributed by atoms with van der Waals surface area (Å²) in [7, 11) is 0. The Labute approximate surface area is 126 Å². The van der Waals surface area contributed by atoms with Gasteiger partial charge >= 0.3 is 11.9 Å². The van der Waals surface area contributed by atoms with E-state index in [1.54, 1.807) is 0 Å². The summed E-state index contributed by atoms with van der Waals surface area (Å²) < 4.78 is 10.5. The van der Waals surface area contributed by atoms with Crippen LogP contribution in [0.25, 0.3) is 10.8 Å². The van der Waals surface area contributed by atoms with Gasteiger partial charge in [0, 0.05) is 11.8 Å². The van der Waals surface area contributed by atoms with Gasteiger partial charge in [-0.05, 0) is 16.3 Å². The zero-order valence-electron chi connectivity index (χ0n) is 11.6. The van der Waals surface area contributed by atoms with Crippen LogP contribution in [0.15, 0.2) is 42.5 Å². The van der Waals surface area contributed by atoms with Crippen LogP contribution < -0.4 is 0 Å². The fourth-order valence-corrected chi connectivity index (χ4v) is 3.48. The van der Waals surface area contributed by atoms with Crippen molar-refractivity contribution in [1.29, 1.82) is 0 Å². The second-order valence-electron chi connectivity index (χ2n) is 5.75. The molecule has 0 radical (unpaired) electrons. The van der Waals surface area contributed by atoms with Crippen LogP contribution >= 0.6 is 0 Å². The van der Waals surface area contributed by atoms with Crippen molar-refractivity contribution < 1.29 is 24.2 Å². The number of carboxylic acid groups (broad SMARTS) is 1. The summed E-state index contributed by atoms with van der Waals surface area (Å²) in [5, 5.41) is 11.5. The highest BCUT2D eigenvalue weighted by molar-refractivity contribution is 5.84. The number of fused-ring (bicyclic) bond motifs is 2. The van der Waals surface area contributed by atoms with Crippen molar-refractivity contribution in [3.8, 4) is 0 Å². The molecular weight excluding hydrogens is 284 g/mol. The molecule has 0 spiro atoms. The summed E-state index contributed by atoms with van der Waals surface area (Å²) in [4.78, 5) is 23.0. The number of carbonyl (C=O) groups is 2. The van der Waals surface area contributed by atoms with E-state index in [1.807, 2.05) is 42.5 Å². The Morgan fingerprint density at radius 2 is 1.91 bits per heavy atom. The van der Waals surface area contributed by atoms with E-state index >= 15 is 0 Å².